The Morgan fingerprint density at radius 3 is 2.14 bits per heavy atom. The first-order valence-corrected chi connectivity index (χ1v) is 16.3. The molecule has 226 valence electrons. The van der Waals surface area contributed by atoms with Crippen LogP contribution in [-0.4, -0.2) is 49.5 Å². The van der Waals surface area contributed by atoms with Crippen LogP contribution in [0.25, 0.3) is 0 Å². The zero-order valence-corrected chi connectivity index (χ0v) is 26.8. The van der Waals surface area contributed by atoms with Crippen LogP contribution in [0.1, 0.15) is 61.4 Å². The highest BCUT2D eigenvalue weighted by atomic mass is 32.2. The Kier molecular flexibility index (Phi) is 11.0. The molecule has 0 spiro atoms. The van der Waals surface area contributed by atoms with Crippen molar-refractivity contribution in [1.29, 1.82) is 0 Å². The monoisotopic (exact) mass is 591 g/mol. The number of hydrogen-bond donors (Lipinski definition) is 1. The topological polar surface area (TPSA) is 86.8 Å². The number of nitrogens with one attached hydrogen (secondary N) is 1. The van der Waals surface area contributed by atoms with Crippen molar-refractivity contribution >= 4 is 27.5 Å². The van der Waals surface area contributed by atoms with Crippen molar-refractivity contribution in [2.24, 2.45) is 0 Å². The summed E-state index contributed by atoms with van der Waals surface area (Å²) < 4.78 is 27.0. The summed E-state index contributed by atoms with van der Waals surface area (Å²) >= 11 is 0. The molecule has 7 nitrogen and oxygen atoms in total. The van der Waals surface area contributed by atoms with E-state index >= 15 is 0 Å². The van der Waals surface area contributed by atoms with Crippen LogP contribution in [0, 0.1) is 20.8 Å². The molecule has 0 radical (unpaired) electrons. The van der Waals surface area contributed by atoms with E-state index in [0.717, 1.165) is 27.8 Å². The summed E-state index contributed by atoms with van der Waals surface area (Å²) in [6.45, 7) is 12.0. The zero-order valence-electron chi connectivity index (χ0n) is 26.0. The van der Waals surface area contributed by atoms with E-state index in [4.69, 9.17) is 0 Å². The molecule has 0 fully saturated rings. The number of amides is 2. The lowest BCUT2D eigenvalue weighted by Gasteiger charge is -2.34. The highest BCUT2D eigenvalue weighted by Gasteiger charge is 2.32. The van der Waals surface area contributed by atoms with Crippen LogP contribution in [0.2, 0.25) is 0 Å². The number of sulfonamides is 1. The lowest BCUT2D eigenvalue weighted by atomic mass is 10.00. The van der Waals surface area contributed by atoms with E-state index in [1.54, 1.807) is 11.0 Å². The van der Waals surface area contributed by atoms with Gasteiger partial charge in [-0.05, 0) is 76.3 Å². The molecule has 0 aromatic heterocycles. The second-order valence-corrected chi connectivity index (χ2v) is 14.0. The number of nitrogens with zero attached hydrogens (tertiary/aromatic N) is 2. The van der Waals surface area contributed by atoms with Gasteiger partial charge in [-0.25, -0.2) is 8.42 Å². The Bertz CT molecular complexity index is 1480. The van der Waals surface area contributed by atoms with Crippen molar-refractivity contribution in [3.05, 3.63) is 101 Å². The van der Waals surface area contributed by atoms with Crippen LogP contribution in [0.3, 0.4) is 0 Å². The van der Waals surface area contributed by atoms with Gasteiger partial charge in [0.1, 0.15) is 6.04 Å². The molecule has 0 heterocycles. The number of aryl methyl sites for hydroxylation is 2. The van der Waals surface area contributed by atoms with Gasteiger partial charge in [-0.15, -0.1) is 0 Å². The molecule has 0 saturated heterocycles. The number of benzene rings is 3. The number of carbonyl (C=O) groups excluding carboxylic acids is 2. The molecular formula is C34H45N3O4S. The van der Waals surface area contributed by atoms with E-state index in [1.165, 1.54) is 10.6 Å². The number of hydrogen-bond acceptors (Lipinski definition) is 4. The summed E-state index contributed by atoms with van der Waals surface area (Å²) in [5.74, 6) is -0.420. The van der Waals surface area contributed by atoms with Crippen molar-refractivity contribution in [3.8, 4) is 0 Å². The Balaban J connectivity index is 1.92. The molecule has 0 unspecified atom stereocenters. The van der Waals surface area contributed by atoms with Gasteiger partial charge < -0.3 is 10.2 Å². The highest BCUT2D eigenvalue weighted by Crippen LogP contribution is 2.26. The number of anilines is 1. The first-order chi connectivity index (χ1) is 19.7. The highest BCUT2D eigenvalue weighted by molar-refractivity contribution is 7.92. The SMILES string of the molecule is Cc1cccc(CN(C(=O)CCCN(c2cccc(C)c2C)S(C)(=O)=O)[C@@H](Cc2ccccc2)C(=O)NC(C)(C)C)c1. The fourth-order valence-corrected chi connectivity index (χ4v) is 6.02. The maximum absolute atomic E-state index is 14.0. The van der Waals surface area contributed by atoms with Gasteiger partial charge in [0.2, 0.25) is 21.8 Å². The van der Waals surface area contributed by atoms with E-state index < -0.39 is 21.6 Å². The third-order valence-corrected chi connectivity index (χ3v) is 8.38. The van der Waals surface area contributed by atoms with E-state index in [1.807, 2.05) is 108 Å². The summed E-state index contributed by atoms with van der Waals surface area (Å²) in [6, 6.07) is 22.4. The van der Waals surface area contributed by atoms with Crippen LogP contribution < -0.4 is 9.62 Å². The first kappa shape index (κ1) is 32.9. The predicted octanol–water partition coefficient (Wildman–Crippen LogP) is 5.71. The standard InChI is InChI=1S/C34H45N3O4S/c1-25-14-11-18-29(22-25)24-36(31(33(39)35-34(4,5)6)23-28-16-9-8-10-17-28)32(38)20-13-21-37(42(7,40)41)30-19-12-15-26(2)27(30)3/h8-12,14-19,22,31H,13,20-21,23-24H2,1-7H3,(H,35,39)/t31-/m0/s1. The number of carbonyl (C=O) groups is 2. The largest absolute Gasteiger partial charge is 0.350 e. The minimum absolute atomic E-state index is 0.0940. The molecule has 1 N–H and O–H groups in total. The molecule has 0 aliphatic rings. The zero-order chi connectivity index (χ0) is 31.1. The molecule has 1 atom stereocenters. The Morgan fingerprint density at radius 2 is 1.52 bits per heavy atom. The van der Waals surface area contributed by atoms with Crippen LogP contribution >= 0.6 is 0 Å². The smallest absolute Gasteiger partial charge is 0.243 e. The predicted molar refractivity (Wildman–Crippen MR) is 171 cm³/mol. The second kappa shape index (κ2) is 14.0. The first-order valence-electron chi connectivity index (χ1n) is 14.4. The normalized spacial score (nSPS) is 12.5. The molecule has 42 heavy (non-hydrogen) atoms. The van der Waals surface area contributed by atoms with E-state index in [2.05, 4.69) is 5.32 Å². The van der Waals surface area contributed by atoms with E-state index in [0.29, 0.717) is 18.5 Å². The van der Waals surface area contributed by atoms with Crippen molar-refractivity contribution in [3.63, 3.8) is 0 Å². The van der Waals surface area contributed by atoms with Gasteiger partial charge in [-0.2, -0.15) is 0 Å². The van der Waals surface area contributed by atoms with Gasteiger partial charge in [0.25, 0.3) is 0 Å². The van der Waals surface area contributed by atoms with Crippen molar-refractivity contribution in [2.45, 2.75) is 78.9 Å². The summed E-state index contributed by atoms with van der Waals surface area (Å²) in [5.41, 5.74) is 4.97. The third kappa shape index (κ3) is 9.44. The summed E-state index contributed by atoms with van der Waals surface area (Å²) in [7, 11) is -3.58. The molecule has 3 rings (SSSR count). The molecule has 3 aromatic carbocycles. The van der Waals surface area contributed by atoms with Gasteiger partial charge in [-0.3, -0.25) is 13.9 Å². The van der Waals surface area contributed by atoms with Gasteiger partial charge >= 0.3 is 0 Å². The van der Waals surface area contributed by atoms with Crippen LogP contribution in [0.4, 0.5) is 5.69 Å². The lowest BCUT2D eigenvalue weighted by molar-refractivity contribution is -0.142. The van der Waals surface area contributed by atoms with Gasteiger partial charge in [0.05, 0.1) is 11.9 Å². The van der Waals surface area contributed by atoms with Crippen LogP contribution in [0.15, 0.2) is 72.8 Å². The number of rotatable bonds is 12. The van der Waals surface area contributed by atoms with Gasteiger partial charge in [0.15, 0.2) is 0 Å². The molecule has 0 saturated carbocycles. The summed E-state index contributed by atoms with van der Waals surface area (Å²) in [6.07, 6.45) is 1.95. The van der Waals surface area contributed by atoms with E-state index in [9.17, 15) is 18.0 Å². The fourth-order valence-electron chi connectivity index (χ4n) is 5.00. The van der Waals surface area contributed by atoms with Crippen LogP contribution in [-0.2, 0) is 32.6 Å². The second-order valence-electron chi connectivity index (χ2n) is 12.1. The summed E-state index contributed by atoms with van der Waals surface area (Å²) in [4.78, 5) is 29.4. The molecule has 0 aliphatic carbocycles. The van der Waals surface area contributed by atoms with Gasteiger partial charge in [0, 0.05) is 31.5 Å². The lowest BCUT2D eigenvalue weighted by Crippen LogP contribution is -2.54. The van der Waals surface area contributed by atoms with Crippen LogP contribution in [0.5, 0.6) is 0 Å². The Morgan fingerprint density at radius 1 is 0.881 bits per heavy atom. The maximum atomic E-state index is 14.0. The Labute approximate surface area is 252 Å². The molecule has 3 aromatic rings. The quantitative estimate of drug-likeness (QED) is 0.292. The third-order valence-electron chi connectivity index (χ3n) is 7.20. The minimum Gasteiger partial charge on any atom is -0.350 e. The molecule has 2 amide bonds. The molecular weight excluding hydrogens is 546 g/mol. The fraction of sp³-hybridized carbons (Fsp3) is 0.412. The molecule has 0 aliphatic heterocycles. The maximum Gasteiger partial charge on any atom is 0.243 e. The minimum atomic E-state index is -3.58. The average Bonchev–Trinajstić information content (AvgIpc) is 2.89. The van der Waals surface area contributed by atoms with Gasteiger partial charge in [-0.1, -0.05) is 72.3 Å². The summed E-state index contributed by atoms with van der Waals surface area (Å²) in [5, 5.41) is 3.08. The van der Waals surface area contributed by atoms with E-state index in [-0.39, 0.29) is 31.3 Å². The Hall–Kier alpha value is -3.65. The van der Waals surface area contributed by atoms with Crippen molar-refractivity contribution in [2.75, 3.05) is 17.1 Å². The molecule has 0 bridgehead atoms. The van der Waals surface area contributed by atoms with Crippen molar-refractivity contribution < 1.29 is 18.0 Å². The van der Waals surface area contributed by atoms with Crippen molar-refractivity contribution in [1.82, 2.24) is 10.2 Å². The average molecular weight is 592 g/mol. The molecule has 8 heteroatoms.